The number of esters is 1. The predicted octanol–water partition coefficient (Wildman–Crippen LogP) is 2.74. The van der Waals surface area contributed by atoms with Crippen LogP contribution in [0.1, 0.15) is 75.5 Å². The average Bonchev–Trinajstić information content (AvgIpc) is 2.74. The van der Waals surface area contributed by atoms with Crippen LogP contribution in [0.5, 0.6) is 0 Å². The van der Waals surface area contributed by atoms with Gasteiger partial charge in [-0.15, -0.1) is 0 Å². The number of ether oxygens (including phenoxy) is 1. The minimum Gasteiger partial charge on any atom is -0.458 e. The summed E-state index contributed by atoms with van der Waals surface area (Å²) in [5, 5.41) is 2.68. The van der Waals surface area contributed by atoms with E-state index in [4.69, 9.17) is 4.74 Å². The summed E-state index contributed by atoms with van der Waals surface area (Å²) in [6.45, 7) is 9.00. The number of aryl methyl sites for hydroxylation is 2. The maximum atomic E-state index is 12.7. The van der Waals surface area contributed by atoms with Crippen molar-refractivity contribution in [3.8, 4) is 0 Å². The molecule has 1 aliphatic rings. The lowest BCUT2D eigenvalue weighted by Crippen LogP contribution is -2.48. The molecule has 1 aromatic heterocycles. The Morgan fingerprint density at radius 2 is 1.81 bits per heavy atom. The van der Waals surface area contributed by atoms with Gasteiger partial charge in [0.2, 0.25) is 0 Å². The Morgan fingerprint density at radius 1 is 1.15 bits per heavy atom. The Morgan fingerprint density at radius 3 is 2.42 bits per heavy atom. The Hall–Kier alpha value is -2.11. The first-order chi connectivity index (χ1) is 12.1. The fourth-order valence-corrected chi connectivity index (χ4v) is 3.10. The van der Waals surface area contributed by atoms with Crippen molar-refractivity contribution in [3.63, 3.8) is 0 Å². The standard InChI is InChI=1S/C20H30N2O4/c1-12(2)16(19(25)26-20(3,4)5)22-18(24)14-11-13-9-7-6-8-10-15(13)21-17(14)23/h11-12,16H,6-10H2,1-5H3,(H,21,23)(H,22,24)/t16-/m1/s1. The zero-order valence-corrected chi connectivity index (χ0v) is 16.4. The van der Waals surface area contributed by atoms with Crippen LogP contribution >= 0.6 is 0 Å². The summed E-state index contributed by atoms with van der Waals surface area (Å²) in [4.78, 5) is 40.3. The van der Waals surface area contributed by atoms with E-state index < -0.39 is 29.1 Å². The van der Waals surface area contributed by atoms with E-state index >= 15 is 0 Å². The normalized spacial score (nSPS) is 15.8. The van der Waals surface area contributed by atoms with E-state index in [1.807, 2.05) is 13.8 Å². The van der Waals surface area contributed by atoms with E-state index in [2.05, 4.69) is 10.3 Å². The largest absolute Gasteiger partial charge is 0.458 e. The highest BCUT2D eigenvalue weighted by atomic mass is 16.6. The molecule has 1 aromatic rings. The number of hydrogen-bond donors (Lipinski definition) is 2. The van der Waals surface area contributed by atoms with Gasteiger partial charge in [-0.1, -0.05) is 20.3 Å². The van der Waals surface area contributed by atoms with Crippen LogP contribution in [0.25, 0.3) is 0 Å². The van der Waals surface area contributed by atoms with Crippen molar-refractivity contribution in [3.05, 3.63) is 33.2 Å². The third-order valence-corrected chi connectivity index (χ3v) is 4.45. The molecule has 0 aliphatic heterocycles. The van der Waals surface area contributed by atoms with E-state index in [0.29, 0.717) is 0 Å². The zero-order valence-electron chi connectivity index (χ0n) is 16.4. The van der Waals surface area contributed by atoms with E-state index in [9.17, 15) is 14.4 Å². The molecule has 0 bridgehead atoms. The van der Waals surface area contributed by atoms with Crippen molar-refractivity contribution in [2.45, 2.75) is 78.4 Å². The summed E-state index contributed by atoms with van der Waals surface area (Å²) in [5.74, 6) is -1.19. The third kappa shape index (κ3) is 5.19. The Labute approximate surface area is 154 Å². The number of hydrogen-bond acceptors (Lipinski definition) is 4. The molecule has 0 aromatic carbocycles. The van der Waals surface area contributed by atoms with Gasteiger partial charge in [0.25, 0.3) is 11.5 Å². The minimum atomic E-state index is -0.806. The zero-order chi connectivity index (χ0) is 19.5. The first-order valence-electron chi connectivity index (χ1n) is 9.37. The van der Waals surface area contributed by atoms with Gasteiger partial charge in [-0.25, -0.2) is 4.79 Å². The van der Waals surface area contributed by atoms with Crippen LogP contribution in [0.3, 0.4) is 0 Å². The van der Waals surface area contributed by atoms with Crippen LogP contribution in [0, 0.1) is 5.92 Å². The van der Waals surface area contributed by atoms with Gasteiger partial charge in [-0.2, -0.15) is 0 Å². The summed E-state index contributed by atoms with van der Waals surface area (Å²) in [6, 6.07) is 0.876. The second-order valence-electron chi connectivity index (χ2n) is 8.31. The summed E-state index contributed by atoms with van der Waals surface area (Å²) in [5.41, 5.74) is 0.952. The van der Waals surface area contributed by atoms with Crippen LogP contribution in [0.4, 0.5) is 0 Å². The van der Waals surface area contributed by atoms with Gasteiger partial charge in [0.05, 0.1) is 0 Å². The van der Waals surface area contributed by atoms with Crippen LogP contribution in [-0.4, -0.2) is 28.5 Å². The molecule has 1 heterocycles. The van der Waals surface area contributed by atoms with Crippen molar-refractivity contribution in [2.75, 3.05) is 0 Å². The number of nitrogens with one attached hydrogen (secondary N) is 2. The lowest BCUT2D eigenvalue weighted by molar-refractivity contribution is -0.158. The maximum absolute atomic E-state index is 12.7. The number of aromatic amines is 1. The summed E-state index contributed by atoms with van der Waals surface area (Å²) in [6.07, 6.45) is 4.90. The summed E-state index contributed by atoms with van der Waals surface area (Å²) in [7, 11) is 0. The number of carbonyl (C=O) groups is 2. The molecule has 0 saturated heterocycles. The van der Waals surface area contributed by atoms with Crippen molar-refractivity contribution >= 4 is 11.9 Å². The first-order valence-corrected chi connectivity index (χ1v) is 9.37. The summed E-state index contributed by atoms with van der Waals surface area (Å²) < 4.78 is 5.40. The molecule has 26 heavy (non-hydrogen) atoms. The molecule has 144 valence electrons. The molecule has 0 fully saturated rings. The number of aromatic nitrogens is 1. The van der Waals surface area contributed by atoms with E-state index in [1.165, 1.54) is 0 Å². The van der Waals surface area contributed by atoms with Crippen LogP contribution in [-0.2, 0) is 22.4 Å². The Balaban J connectivity index is 2.23. The van der Waals surface area contributed by atoms with Crippen LogP contribution in [0.2, 0.25) is 0 Å². The molecular formula is C20H30N2O4. The lowest BCUT2D eigenvalue weighted by Gasteiger charge is -2.26. The van der Waals surface area contributed by atoms with Gasteiger partial charge in [0, 0.05) is 5.69 Å². The van der Waals surface area contributed by atoms with Gasteiger partial charge in [0.1, 0.15) is 17.2 Å². The molecule has 1 atom stereocenters. The number of carbonyl (C=O) groups excluding carboxylic acids is 2. The second-order valence-corrected chi connectivity index (χ2v) is 8.31. The summed E-state index contributed by atoms with van der Waals surface area (Å²) >= 11 is 0. The monoisotopic (exact) mass is 362 g/mol. The molecule has 1 aliphatic carbocycles. The number of pyridine rings is 1. The van der Waals surface area contributed by atoms with Gasteiger partial charge in [-0.3, -0.25) is 9.59 Å². The molecule has 0 unspecified atom stereocenters. The van der Waals surface area contributed by atoms with Gasteiger partial charge in [-0.05, 0) is 64.0 Å². The van der Waals surface area contributed by atoms with Crippen molar-refractivity contribution in [1.29, 1.82) is 0 Å². The minimum absolute atomic E-state index is 0.0554. The fraction of sp³-hybridized carbons (Fsp3) is 0.650. The topological polar surface area (TPSA) is 88.3 Å². The molecule has 2 N–H and O–H groups in total. The van der Waals surface area contributed by atoms with Crippen molar-refractivity contribution in [1.82, 2.24) is 10.3 Å². The molecular weight excluding hydrogens is 332 g/mol. The number of H-pyrrole nitrogens is 1. The van der Waals surface area contributed by atoms with Crippen LogP contribution in [0.15, 0.2) is 10.9 Å². The van der Waals surface area contributed by atoms with Crippen LogP contribution < -0.4 is 10.9 Å². The maximum Gasteiger partial charge on any atom is 0.329 e. The molecule has 0 spiro atoms. The molecule has 0 saturated carbocycles. The average molecular weight is 362 g/mol. The Kier molecular flexibility index (Phi) is 6.26. The molecule has 0 radical (unpaired) electrons. The quantitative estimate of drug-likeness (QED) is 0.637. The highest BCUT2D eigenvalue weighted by molar-refractivity contribution is 5.96. The smallest absolute Gasteiger partial charge is 0.329 e. The Bertz CT molecular complexity index is 728. The third-order valence-electron chi connectivity index (χ3n) is 4.45. The highest BCUT2D eigenvalue weighted by Gasteiger charge is 2.30. The molecule has 6 nitrogen and oxygen atoms in total. The van der Waals surface area contributed by atoms with Gasteiger partial charge in [0.15, 0.2) is 0 Å². The van der Waals surface area contributed by atoms with Gasteiger partial charge >= 0.3 is 5.97 Å². The van der Waals surface area contributed by atoms with E-state index in [1.54, 1.807) is 26.8 Å². The highest BCUT2D eigenvalue weighted by Crippen LogP contribution is 2.19. The number of rotatable bonds is 4. The molecule has 2 rings (SSSR count). The van der Waals surface area contributed by atoms with E-state index in [0.717, 1.165) is 43.4 Å². The number of fused-ring (bicyclic) bond motifs is 1. The van der Waals surface area contributed by atoms with Gasteiger partial charge < -0.3 is 15.0 Å². The molecule has 1 amide bonds. The number of amides is 1. The van der Waals surface area contributed by atoms with E-state index in [-0.39, 0.29) is 11.5 Å². The predicted molar refractivity (Wildman–Crippen MR) is 100 cm³/mol. The second kappa shape index (κ2) is 8.06. The first kappa shape index (κ1) is 20.2. The SMILES string of the molecule is CC(C)[C@@H](NC(=O)c1cc2c([nH]c1=O)CCCCC2)C(=O)OC(C)(C)C. The lowest BCUT2D eigenvalue weighted by atomic mass is 10.0. The fourth-order valence-electron chi connectivity index (χ4n) is 3.10. The van der Waals surface area contributed by atoms with Crippen molar-refractivity contribution in [2.24, 2.45) is 5.92 Å². The van der Waals surface area contributed by atoms with Crippen molar-refractivity contribution < 1.29 is 14.3 Å². The molecule has 6 heteroatoms.